The van der Waals surface area contributed by atoms with E-state index in [1.807, 2.05) is 45.0 Å². The maximum absolute atomic E-state index is 12.3. The van der Waals surface area contributed by atoms with Gasteiger partial charge >= 0.3 is 6.09 Å². The van der Waals surface area contributed by atoms with Crippen molar-refractivity contribution in [2.45, 2.75) is 51.6 Å². The van der Waals surface area contributed by atoms with Gasteiger partial charge in [0.15, 0.2) is 0 Å². The Morgan fingerprint density at radius 2 is 2.03 bits per heavy atom. The van der Waals surface area contributed by atoms with Crippen LogP contribution in [-0.2, 0) is 14.3 Å². The predicted octanol–water partition coefficient (Wildman–Crippen LogP) is 4.43. The number of hydrogen-bond acceptors (Lipinski definition) is 5. The maximum atomic E-state index is 12.3. The maximum Gasteiger partial charge on any atom is 0.410 e. The quantitative estimate of drug-likeness (QED) is 0.676. The van der Waals surface area contributed by atoms with Gasteiger partial charge in [-0.1, -0.05) is 23.7 Å². The molecule has 1 unspecified atom stereocenters. The normalized spacial score (nSPS) is 19.6. The molecule has 168 valence electrons. The average molecular weight is 456 g/mol. The van der Waals surface area contributed by atoms with Crippen molar-refractivity contribution in [2.24, 2.45) is 0 Å². The van der Waals surface area contributed by atoms with E-state index in [9.17, 15) is 14.4 Å². The molecule has 3 amide bonds. The molecular weight excluding hydrogens is 430 g/mol. The molecular formula is C24H26ClN3O4. The molecule has 0 bridgehead atoms. The number of fused-ring (bicyclic) bond motifs is 1. The molecule has 2 aromatic rings. The van der Waals surface area contributed by atoms with Crippen LogP contribution >= 0.6 is 11.6 Å². The lowest BCUT2D eigenvalue weighted by molar-refractivity contribution is -0.134. The zero-order valence-electron chi connectivity index (χ0n) is 18.4. The highest BCUT2D eigenvalue weighted by atomic mass is 35.5. The molecule has 0 spiro atoms. The molecule has 1 fully saturated rings. The minimum atomic E-state index is -0.524. The SMILES string of the molecule is CC(C)(C)OC(=O)N1CC=C(c2ccc3ncc(C4CCC(=O)NC4=O)c(Cl)c3c2)CC1. The van der Waals surface area contributed by atoms with E-state index in [0.29, 0.717) is 36.5 Å². The molecule has 1 atom stereocenters. The van der Waals surface area contributed by atoms with E-state index in [0.717, 1.165) is 22.0 Å². The number of nitrogens with zero attached hydrogens (tertiary/aromatic N) is 2. The highest BCUT2D eigenvalue weighted by Gasteiger charge is 2.30. The number of carbonyl (C=O) groups is 3. The largest absolute Gasteiger partial charge is 0.444 e. The fourth-order valence-corrected chi connectivity index (χ4v) is 4.36. The fraction of sp³-hybridized carbons (Fsp3) is 0.417. The Hall–Kier alpha value is -2.93. The van der Waals surface area contributed by atoms with Gasteiger partial charge in [-0.2, -0.15) is 0 Å². The average Bonchev–Trinajstić information content (AvgIpc) is 2.73. The number of carbonyl (C=O) groups excluding carboxylic acids is 3. The van der Waals surface area contributed by atoms with Crippen LogP contribution < -0.4 is 5.32 Å². The number of benzene rings is 1. The number of halogens is 1. The number of imide groups is 1. The summed E-state index contributed by atoms with van der Waals surface area (Å²) < 4.78 is 5.46. The van der Waals surface area contributed by atoms with Crippen molar-refractivity contribution in [3.8, 4) is 0 Å². The number of aromatic nitrogens is 1. The predicted molar refractivity (Wildman–Crippen MR) is 122 cm³/mol. The molecule has 2 aliphatic rings. The van der Waals surface area contributed by atoms with Crippen molar-refractivity contribution < 1.29 is 19.1 Å². The van der Waals surface area contributed by atoms with Gasteiger partial charge in [-0.15, -0.1) is 0 Å². The van der Waals surface area contributed by atoms with Crippen molar-refractivity contribution in [3.05, 3.63) is 46.6 Å². The molecule has 0 saturated carbocycles. The summed E-state index contributed by atoms with van der Waals surface area (Å²) in [5.74, 6) is -1.09. The Morgan fingerprint density at radius 1 is 1.25 bits per heavy atom. The summed E-state index contributed by atoms with van der Waals surface area (Å²) in [5.41, 5.74) is 2.97. The third-order valence-electron chi connectivity index (χ3n) is 5.68. The molecule has 1 saturated heterocycles. The van der Waals surface area contributed by atoms with Crippen LogP contribution in [0, 0.1) is 0 Å². The van der Waals surface area contributed by atoms with E-state index < -0.39 is 11.5 Å². The molecule has 1 N–H and O–H groups in total. The first-order chi connectivity index (χ1) is 15.1. The second kappa shape index (κ2) is 8.54. The zero-order chi connectivity index (χ0) is 23.0. The first-order valence-electron chi connectivity index (χ1n) is 10.7. The third-order valence-corrected chi connectivity index (χ3v) is 6.10. The van der Waals surface area contributed by atoms with Crippen LogP contribution in [0.2, 0.25) is 5.02 Å². The number of pyridine rings is 1. The Balaban J connectivity index is 1.58. The van der Waals surface area contributed by atoms with Gasteiger partial charge in [0.05, 0.1) is 16.5 Å². The molecule has 7 nitrogen and oxygen atoms in total. The summed E-state index contributed by atoms with van der Waals surface area (Å²) in [7, 11) is 0. The van der Waals surface area contributed by atoms with E-state index in [2.05, 4.69) is 10.3 Å². The number of piperidine rings is 1. The summed E-state index contributed by atoms with van der Waals surface area (Å²) in [4.78, 5) is 42.3. The first-order valence-corrected chi connectivity index (χ1v) is 11.1. The van der Waals surface area contributed by atoms with Crippen LogP contribution in [-0.4, -0.2) is 46.5 Å². The van der Waals surface area contributed by atoms with Crippen LogP contribution in [0.25, 0.3) is 16.5 Å². The lowest BCUT2D eigenvalue weighted by Crippen LogP contribution is -2.39. The number of nitrogens with one attached hydrogen (secondary N) is 1. The van der Waals surface area contributed by atoms with E-state index in [1.54, 1.807) is 11.1 Å². The van der Waals surface area contributed by atoms with E-state index >= 15 is 0 Å². The summed E-state index contributed by atoms with van der Waals surface area (Å²) in [6, 6.07) is 5.88. The van der Waals surface area contributed by atoms with Gasteiger partial charge in [0.1, 0.15) is 5.60 Å². The van der Waals surface area contributed by atoms with Crippen LogP contribution in [0.3, 0.4) is 0 Å². The van der Waals surface area contributed by atoms with Crippen molar-refractivity contribution in [2.75, 3.05) is 13.1 Å². The van der Waals surface area contributed by atoms with Crippen molar-refractivity contribution >= 4 is 46.0 Å². The van der Waals surface area contributed by atoms with E-state index in [4.69, 9.17) is 16.3 Å². The molecule has 1 aromatic heterocycles. The second-order valence-electron chi connectivity index (χ2n) is 9.17. The molecule has 3 heterocycles. The number of rotatable bonds is 2. The number of amides is 3. The van der Waals surface area contributed by atoms with Gasteiger partial charge in [-0.05, 0) is 56.9 Å². The van der Waals surface area contributed by atoms with Crippen molar-refractivity contribution in [3.63, 3.8) is 0 Å². The van der Waals surface area contributed by atoms with Gasteiger partial charge in [-0.25, -0.2) is 4.79 Å². The van der Waals surface area contributed by atoms with Crippen LogP contribution in [0.5, 0.6) is 0 Å². The lowest BCUT2D eigenvalue weighted by Gasteiger charge is -2.29. The Bertz CT molecular complexity index is 1140. The monoisotopic (exact) mass is 455 g/mol. The number of hydrogen-bond donors (Lipinski definition) is 1. The van der Waals surface area contributed by atoms with Crippen LogP contribution in [0.4, 0.5) is 4.79 Å². The first kappa shape index (κ1) is 22.3. The fourth-order valence-electron chi connectivity index (χ4n) is 4.03. The summed E-state index contributed by atoms with van der Waals surface area (Å²) in [5, 5.41) is 3.63. The van der Waals surface area contributed by atoms with Gasteiger partial charge in [-0.3, -0.25) is 19.9 Å². The van der Waals surface area contributed by atoms with Gasteiger partial charge in [0.2, 0.25) is 11.8 Å². The summed E-state index contributed by atoms with van der Waals surface area (Å²) >= 11 is 6.72. The molecule has 1 aromatic carbocycles. The molecule has 32 heavy (non-hydrogen) atoms. The van der Waals surface area contributed by atoms with Gasteiger partial charge in [0, 0.05) is 36.7 Å². The molecule has 0 radical (unpaired) electrons. The molecule has 8 heteroatoms. The van der Waals surface area contributed by atoms with E-state index in [-0.39, 0.29) is 24.3 Å². The molecule has 4 rings (SSSR count). The topological polar surface area (TPSA) is 88.6 Å². The highest BCUT2D eigenvalue weighted by molar-refractivity contribution is 6.36. The summed E-state index contributed by atoms with van der Waals surface area (Å²) in [6.07, 6.45) is 4.74. The zero-order valence-corrected chi connectivity index (χ0v) is 19.2. The third kappa shape index (κ3) is 4.63. The Labute approximate surface area is 191 Å². The highest BCUT2D eigenvalue weighted by Crippen LogP contribution is 2.36. The van der Waals surface area contributed by atoms with Gasteiger partial charge in [0.25, 0.3) is 0 Å². The number of ether oxygens (including phenoxy) is 1. The van der Waals surface area contributed by atoms with Crippen LogP contribution in [0.15, 0.2) is 30.5 Å². The Kier molecular flexibility index (Phi) is 5.95. The minimum Gasteiger partial charge on any atom is -0.444 e. The van der Waals surface area contributed by atoms with Gasteiger partial charge < -0.3 is 9.64 Å². The standard InChI is InChI=1S/C24H26ClN3O4/c1-24(2,3)32-23(31)28-10-8-14(9-11-28)15-4-6-19-17(12-15)21(25)18(13-26-19)16-5-7-20(29)27-22(16)30/h4,6,8,12-13,16H,5,7,9-11H2,1-3H3,(H,27,29,30). The van der Waals surface area contributed by atoms with Crippen LogP contribution in [0.1, 0.15) is 57.1 Å². The second-order valence-corrected chi connectivity index (χ2v) is 9.55. The Morgan fingerprint density at radius 3 is 2.69 bits per heavy atom. The molecule has 2 aliphatic heterocycles. The van der Waals surface area contributed by atoms with E-state index in [1.165, 1.54) is 0 Å². The summed E-state index contributed by atoms with van der Waals surface area (Å²) in [6.45, 7) is 6.61. The smallest absolute Gasteiger partial charge is 0.410 e. The lowest BCUT2D eigenvalue weighted by atomic mass is 9.90. The van der Waals surface area contributed by atoms with Crippen molar-refractivity contribution in [1.82, 2.24) is 15.2 Å². The molecule has 0 aliphatic carbocycles. The minimum absolute atomic E-state index is 0.261. The van der Waals surface area contributed by atoms with Crippen molar-refractivity contribution in [1.29, 1.82) is 0 Å².